The van der Waals surface area contributed by atoms with Crippen molar-refractivity contribution in [3.05, 3.63) is 71.8 Å². The zero-order valence-electron chi connectivity index (χ0n) is 18.0. The maximum absolute atomic E-state index is 14.6. The fraction of sp³-hybridized carbons (Fsp3) is 0.333. The molecule has 1 aromatic carbocycles. The highest BCUT2D eigenvalue weighted by Crippen LogP contribution is 2.51. The second kappa shape index (κ2) is 8.88. The highest BCUT2D eigenvalue weighted by atomic mass is 19.4. The molecule has 1 aliphatic rings. The Morgan fingerprint density at radius 2 is 1.70 bits per heavy atom. The second-order valence-corrected chi connectivity index (χ2v) is 8.44. The maximum Gasteiger partial charge on any atom is 0.391 e. The van der Waals surface area contributed by atoms with Gasteiger partial charge in [-0.25, -0.2) is 14.4 Å². The molecule has 0 spiro atoms. The number of hydrogen-bond acceptors (Lipinski definition) is 4. The normalized spacial score (nSPS) is 18.2. The van der Waals surface area contributed by atoms with Gasteiger partial charge in [-0.05, 0) is 25.0 Å². The van der Waals surface area contributed by atoms with Crippen LogP contribution in [0.15, 0.2) is 48.9 Å². The first kappa shape index (κ1) is 22.8. The van der Waals surface area contributed by atoms with Crippen molar-refractivity contribution in [2.24, 2.45) is 5.92 Å². The van der Waals surface area contributed by atoms with Crippen molar-refractivity contribution in [2.45, 2.75) is 44.7 Å². The van der Waals surface area contributed by atoms with Gasteiger partial charge in [0.05, 0.1) is 22.9 Å². The third-order valence-electron chi connectivity index (χ3n) is 5.82. The van der Waals surface area contributed by atoms with E-state index < -0.39 is 29.7 Å². The molecule has 2 aromatic heterocycles. The number of hydrogen-bond donors (Lipinski definition) is 1. The van der Waals surface area contributed by atoms with E-state index >= 15 is 0 Å². The van der Waals surface area contributed by atoms with Crippen LogP contribution in [0, 0.1) is 11.7 Å². The predicted molar refractivity (Wildman–Crippen MR) is 115 cm³/mol. The van der Waals surface area contributed by atoms with Crippen molar-refractivity contribution in [3.8, 4) is 11.1 Å². The lowest BCUT2D eigenvalue weighted by atomic mass is 9.72. The van der Waals surface area contributed by atoms with E-state index in [2.05, 4.69) is 20.3 Å². The van der Waals surface area contributed by atoms with Crippen LogP contribution in [-0.2, 0) is 0 Å². The van der Waals surface area contributed by atoms with Gasteiger partial charge >= 0.3 is 6.18 Å². The molecule has 33 heavy (non-hydrogen) atoms. The quantitative estimate of drug-likeness (QED) is 0.469. The lowest BCUT2D eigenvalue weighted by Crippen LogP contribution is -2.35. The van der Waals surface area contributed by atoms with Gasteiger partial charge in [0.15, 0.2) is 0 Å². The van der Waals surface area contributed by atoms with Gasteiger partial charge in [-0.3, -0.25) is 9.78 Å². The topological polar surface area (TPSA) is 67.8 Å². The number of halogens is 4. The average Bonchev–Trinajstić information content (AvgIpc) is 2.73. The number of carbonyl (C=O) groups excluding carboxylic acids is 1. The Hall–Kier alpha value is -3.36. The Morgan fingerprint density at radius 1 is 1.03 bits per heavy atom. The highest BCUT2D eigenvalue weighted by Gasteiger charge is 2.49. The SMILES string of the molecule is CC(C)c1ncc(C(=O)Nc2c(-c3ccccc3F)ccnc2C2CC(C(F)(F)F)C2)cn1. The maximum atomic E-state index is 14.6. The first-order valence-corrected chi connectivity index (χ1v) is 10.6. The number of anilines is 1. The number of nitrogens with one attached hydrogen (secondary N) is 1. The number of nitrogens with zero attached hydrogens (tertiary/aromatic N) is 3. The summed E-state index contributed by atoms with van der Waals surface area (Å²) in [6.07, 6.45) is -0.343. The van der Waals surface area contributed by atoms with Crippen LogP contribution in [0.3, 0.4) is 0 Å². The highest BCUT2D eigenvalue weighted by molar-refractivity contribution is 6.06. The van der Waals surface area contributed by atoms with E-state index in [0.717, 1.165) is 0 Å². The first-order chi connectivity index (χ1) is 15.6. The van der Waals surface area contributed by atoms with Gasteiger partial charge in [0.2, 0.25) is 0 Å². The Balaban J connectivity index is 1.71. The molecule has 0 radical (unpaired) electrons. The van der Waals surface area contributed by atoms with E-state index in [1.807, 2.05) is 13.8 Å². The summed E-state index contributed by atoms with van der Waals surface area (Å²) in [6.45, 7) is 3.84. The summed E-state index contributed by atoms with van der Waals surface area (Å²) in [5.74, 6) is -2.33. The number of aromatic nitrogens is 3. The van der Waals surface area contributed by atoms with Gasteiger partial charge < -0.3 is 5.32 Å². The first-order valence-electron chi connectivity index (χ1n) is 10.6. The Bertz CT molecular complexity index is 1160. The summed E-state index contributed by atoms with van der Waals surface area (Å²) in [5, 5.41) is 2.74. The molecule has 4 rings (SSSR count). The van der Waals surface area contributed by atoms with E-state index in [1.54, 1.807) is 12.1 Å². The van der Waals surface area contributed by atoms with Crippen LogP contribution in [0.25, 0.3) is 11.1 Å². The minimum Gasteiger partial charge on any atom is -0.320 e. The number of benzene rings is 1. The molecular formula is C24H22F4N4O. The molecule has 1 aliphatic carbocycles. The van der Waals surface area contributed by atoms with E-state index in [1.165, 1.54) is 36.8 Å². The minimum absolute atomic E-state index is 0.0832. The molecule has 1 fully saturated rings. The van der Waals surface area contributed by atoms with Gasteiger partial charge in [0.25, 0.3) is 5.91 Å². The molecule has 0 bridgehead atoms. The van der Waals surface area contributed by atoms with E-state index in [4.69, 9.17) is 0 Å². The van der Waals surface area contributed by atoms with Gasteiger partial charge in [-0.2, -0.15) is 13.2 Å². The second-order valence-electron chi connectivity index (χ2n) is 8.44. The lowest BCUT2D eigenvalue weighted by Gasteiger charge is -2.37. The largest absolute Gasteiger partial charge is 0.391 e. The van der Waals surface area contributed by atoms with Crippen LogP contribution < -0.4 is 5.32 Å². The van der Waals surface area contributed by atoms with Crippen LogP contribution in [0.2, 0.25) is 0 Å². The fourth-order valence-electron chi connectivity index (χ4n) is 3.87. The van der Waals surface area contributed by atoms with E-state index in [0.29, 0.717) is 17.1 Å². The van der Waals surface area contributed by atoms with E-state index in [-0.39, 0.29) is 35.6 Å². The Morgan fingerprint density at radius 3 is 2.30 bits per heavy atom. The fourth-order valence-corrected chi connectivity index (χ4v) is 3.87. The molecule has 0 atom stereocenters. The molecule has 1 N–H and O–H groups in total. The number of amides is 1. The van der Waals surface area contributed by atoms with Gasteiger partial charge in [0, 0.05) is 41.6 Å². The number of pyridine rings is 1. The van der Waals surface area contributed by atoms with Crippen molar-refractivity contribution in [2.75, 3.05) is 5.32 Å². The van der Waals surface area contributed by atoms with Crippen LogP contribution in [0.4, 0.5) is 23.2 Å². The minimum atomic E-state index is -4.28. The summed E-state index contributed by atoms with van der Waals surface area (Å²) >= 11 is 0. The third-order valence-corrected chi connectivity index (χ3v) is 5.82. The molecule has 2 heterocycles. The molecule has 9 heteroatoms. The van der Waals surface area contributed by atoms with Crippen LogP contribution in [-0.4, -0.2) is 27.0 Å². The van der Waals surface area contributed by atoms with Crippen LogP contribution in [0.1, 0.15) is 60.4 Å². The summed E-state index contributed by atoms with van der Waals surface area (Å²) in [6, 6.07) is 7.54. The van der Waals surface area contributed by atoms with Crippen LogP contribution in [0.5, 0.6) is 0 Å². The molecule has 0 saturated heterocycles. The van der Waals surface area contributed by atoms with Gasteiger partial charge in [-0.15, -0.1) is 0 Å². The predicted octanol–water partition coefficient (Wildman–Crippen LogP) is 6.11. The summed E-state index contributed by atoms with van der Waals surface area (Å²) in [7, 11) is 0. The summed E-state index contributed by atoms with van der Waals surface area (Å²) in [4.78, 5) is 25.6. The summed E-state index contributed by atoms with van der Waals surface area (Å²) < 4.78 is 53.7. The molecule has 1 amide bonds. The average molecular weight is 458 g/mol. The number of carbonyl (C=O) groups is 1. The molecule has 3 aromatic rings. The zero-order chi connectivity index (χ0) is 23.8. The lowest BCUT2D eigenvalue weighted by molar-refractivity contribution is -0.197. The Labute approximate surface area is 188 Å². The molecule has 0 aliphatic heterocycles. The van der Waals surface area contributed by atoms with Crippen molar-refractivity contribution >= 4 is 11.6 Å². The van der Waals surface area contributed by atoms with Crippen molar-refractivity contribution in [1.29, 1.82) is 0 Å². The standard InChI is InChI=1S/C24H22F4N4O/c1-13(2)22-30-11-15(12-31-22)23(33)32-21-18(17-5-3-4-6-19(17)25)7-8-29-20(21)14-9-16(10-14)24(26,27)28/h3-8,11-14,16H,9-10H2,1-2H3,(H,32,33). The molecule has 5 nitrogen and oxygen atoms in total. The van der Waals surface area contributed by atoms with Gasteiger partial charge in [0.1, 0.15) is 11.6 Å². The summed E-state index contributed by atoms with van der Waals surface area (Å²) in [5.41, 5.74) is 1.25. The van der Waals surface area contributed by atoms with Crippen LogP contribution >= 0.6 is 0 Å². The smallest absolute Gasteiger partial charge is 0.320 e. The van der Waals surface area contributed by atoms with Crippen molar-refractivity contribution < 1.29 is 22.4 Å². The molecule has 1 saturated carbocycles. The zero-order valence-corrected chi connectivity index (χ0v) is 18.0. The third kappa shape index (κ3) is 4.72. The number of alkyl halides is 3. The number of rotatable bonds is 5. The van der Waals surface area contributed by atoms with Crippen molar-refractivity contribution in [3.63, 3.8) is 0 Å². The monoisotopic (exact) mass is 458 g/mol. The Kier molecular flexibility index (Phi) is 6.14. The van der Waals surface area contributed by atoms with E-state index in [9.17, 15) is 22.4 Å². The van der Waals surface area contributed by atoms with Crippen molar-refractivity contribution in [1.82, 2.24) is 15.0 Å². The molecule has 172 valence electrons. The molecular weight excluding hydrogens is 436 g/mol. The molecule has 0 unspecified atom stereocenters. The van der Waals surface area contributed by atoms with Gasteiger partial charge in [-0.1, -0.05) is 32.0 Å².